The number of anilines is 2. The molecule has 1 amide bonds. The number of ether oxygens (including phenoxy) is 1. The third-order valence-corrected chi connectivity index (χ3v) is 3.42. The van der Waals surface area contributed by atoms with Gasteiger partial charge in [0.15, 0.2) is 0 Å². The van der Waals surface area contributed by atoms with E-state index in [0.717, 1.165) is 11.4 Å². The third-order valence-electron chi connectivity index (χ3n) is 3.42. The molecule has 1 aromatic carbocycles. The highest BCUT2D eigenvalue weighted by Gasteiger charge is 2.12. The molecule has 0 saturated carbocycles. The highest BCUT2D eigenvalue weighted by Crippen LogP contribution is 2.19. The van der Waals surface area contributed by atoms with E-state index in [2.05, 4.69) is 10.3 Å². The quantitative estimate of drug-likeness (QED) is 0.873. The van der Waals surface area contributed by atoms with Crippen molar-refractivity contribution in [1.29, 1.82) is 0 Å². The van der Waals surface area contributed by atoms with Crippen LogP contribution in [0.3, 0.4) is 0 Å². The predicted molar refractivity (Wildman–Crippen MR) is 95.0 cm³/mol. The molecule has 0 fully saturated rings. The Morgan fingerprint density at radius 2 is 1.78 bits per heavy atom. The van der Waals surface area contributed by atoms with Crippen LogP contribution in [0, 0.1) is 0 Å². The average Bonchev–Trinajstić information content (AvgIpc) is 2.57. The lowest BCUT2D eigenvalue weighted by molar-refractivity contribution is 0.0772. The largest absolute Gasteiger partial charge is 0.497 e. The molecule has 0 spiro atoms. The van der Waals surface area contributed by atoms with Gasteiger partial charge >= 0.3 is 0 Å². The van der Waals surface area contributed by atoms with E-state index >= 15 is 0 Å². The first-order valence-corrected chi connectivity index (χ1v) is 7.34. The molecule has 2 rings (SSSR count). The summed E-state index contributed by atoms with van der Waals surface area (Å²) in [4.78, 5) is 18.3. The van der Waals surface area contributed by atoms with Crippen molar-refractivity contribution in [3.63, 3.8) is 0 Å². The molecule has 0 aliphatic heterocycles. The number of methoxy groups -OCH3 is 1. The van der Waals surface area contributed by atoms with Gasteiger partial charge in [-0.2, -0.15) is 0 Å². The van der Waals surface area contributed by atoms with Gasteiger partial charge in [-0.3, -0.25) is 4.79 Å². The summed E-state index contributed by atoms with van der Waals surface area (Å²) in [6.45, 7) is 5.32. The zero-order valence-corrected chi connectivity index (χ0v) is 14.4. The summed E-state index contributed by atoms with van der Waals surface area (Å²) in [5, 5.41) is 3.19. The smallest absolute Gasteiger partial charge is 0.255 e. The Hall–Kier alpha value is -2.27. The van der Waals surface area contributed by atoms with Gasteiger partial charge in [0.2, 0.25) is 0 Å². The van der Waals surface area contributed by atoms with Crippen LogP contribution in [0.1, 0.15) is 24.2 Å². The summed E-state index contributed by atoms with van der Waals surface area (Å²) in [6.07, 6.45) is 1.60. The molecule has 0 bridgehead atoms. The summed E-state index contributed by atoms with van der Waals surface area (Å²) in [5.74, 6) is 1.51. The standard InChI is InChI=1S/C17H21N3O2.ClH/c1-4-20(5-2)17(21)13-6-11-16(18-12-13)19-14-7-9-15(22-3)10-8-14;/h6-12H,4-5H2,1-3H3,(H,18,19);1H. The van der Waals surface area contributed by atoms with Crippen LogP contribution in [0.4, 0.5) is 11.5 Å². The van der Waals surface area contributed by atoms with E-state index in [9.17, 15) is 4.79 Å². The molecule has 1 aromatic heterocycles. The number of halogens is 1. The maximum atomic E-state index is 12.2. The first-order chi connectivity index (χ1) is 10.7. The molecule has 0 unspecified atom stereocenters. The monoisotopic (exact) mass is 335 g/mol. The second kappa shape index (κ2) is 9.00. The topological polar surface area (TPSA) is 54.5 Å². The summed E-state index contributed by atoms with van der Waals surface area (Å²) in [6, 6.07) is 11.2. The van der Waals surface area contributed by atoms with Gasteiger partial charge in [-0.1, -0.05) is 0 Å². The van der Waals surface area contributed by atoms with E-state index < -0.39 is 0 Å². The van der Waals surface area contributed by atoms with Gasteiger partial charge in [0.1, 0.15) is 11.6 Å². The second-order valence-corrected chi connectivity index (χ2v) is 4.76. The predicted octanol–water partition coefficient (Wildman–Crippen LogP) is 3.74. The van der Waals surface area contributed by atoms with Crippen LogP contribution in [-0.2, 0) is 0 Å². The van der Waals surface area contributed by atoms with Crippen molar-refractivity contribution in [3.8, 4) is 5.75 Å². The Bertz CT molecular complexity index is 611. The number of nitrogens with zero attached hydrogens (tertiary/aromatic N) is 2. The van der Waals surface area contributed by atoms with Crippen molar-refractivity contribution < 1.29 is 9.53 Å². The average molecular weight is 336 g/mol. The van der Waals surface area contributed by atoms with E-state index in [0.29, 0.717) is 24.5 Å². The number of nitrogens with one attached hydrogen (secondary N) is 1. The molecule has 1 heterocycles. The Kier molecular flexibility index (Phi) is 7.35. The van der Waals surface area contributed by atoms with Crippen molar-refractivity contribution in [2.75, 3.05) is 25.5 Å². The van der Waals surface area contributed by atoms with Crippen molar-refractivity contribution in [1.82, 2.24) is 9.88 Å². The zero-order chi connectivity index (χ0) is 15.9. The van der Waals surface area contributed by atoms with Crippen LogP contribution in [0.15, 0.2) is 42.6 Å². The Morgan fingerprint density at radius 3 is 2.26 bits per heavy atom. The van der Waals surface area contributed by atoms with E-state index in [-0.39, 0.29) is 18.3 Å². The van der Waals surface area contributed by atoms with Crippen molar-refractivity contribution in [3.05, 3.63) is 48.2 Å². The van der Waals surface area contributed by atoms with Gasteiger partial charge in [0.25, 0.3) is 5.91 Å². The number of aromatic nitrogens is 1. The fourth-order valence-electron chi connectivity index (χ4n) is 2.11. The molecule has 2 aromatic rings. The van der Waals surface area contributed by atoms with Crippen LogP contribution in [0.5, 0.6) is 5.75 Å². The van der Waals surface area contributed by atoms with Gasteiger partial charge in [-0.15, -0.1) is 12.4 Å². The first-order valence-electron chi connectivity index (χ1n) is 7.34. The lowest BCUT2D eigenvalue weighted by Crippen LogP contribution is -2.30. The maximum absolute atomic E-state index is 12.2. The zero-order valence-electron chi connectivity index (χ0n) is 13.6. The number of carbonyl (C=O) groups excluding carboxylic acids is 1. The van der Waals surface area contributed by atoms with E-state index in [1.165, 1.54) is 0 Å². The molecule has 124 valence electrons. The Morgan fingerprint density at radius 1 is 1.13 bits per heavy atom. The summed E-state index contributed by atoms with van der Waals surface area (Å²) in [5.41, 5.74) is 1.51. The van der Waals surface area contributed by atoms with E-state index in [1.54, 1.807) is 30.3 Å². The van der Waals surface area contributed by atoms with E-state index in [4.69, 9.17) is 4.74 Å². The summed E-state index contributed by atoms with van der Waals surface area (Å²) in [7, 11) is 1.63. The number of benzene rings is 1. The molecule has 23 heavy (non-hydrogen) atoms. The highest BCUT2D eigenvalue weighted by molar-refractivity contribution is 5.94. The van der Waals surface area contributed by atoms with Crippen LogP contribution >= 0.6 is 12.4 Å². The van der Waals surface area contributed by atoms with Crippen LogP contribution in [0.25, 0.3) is 0 Å². The molecule has 0 aliphatic carbocycles. The number of hydrogen-bond acceptors (Lipinski definition) is 4. The minimum atomic E-state index is 0. The number of rotatable bonds is 6. The number of carbonyl (C=O) groups is 1. The fourth-order valence-corrected chi connectivity index (χ4v) is 2.11. The molecule has 1 N–H and O–H groups in total. The SMILES string of the molecule is CCN(CC)C(=O)c1ccc(Nc2ccc(OC)cc2)nc1.Cl. The minimum absolute atomic E-state index is 0. The van der Waals surface area contributed by atoms with Crippen LogP contribution < -0.4 is 10.1 Å². The van der Waals surface area contributed by atoms with Crippen LogP contribution in [-0.4, -0.2) is 36.0 Å². The second-order valence-electron chi connectivity index (χ2n) is 4.76. The maximum Gasteiger partial charge on any atom is 0.255 e. The molecule has 5 nitrogen and oxygen atoms in total. The van der Waals surface area contributed by atoms with E-state index in [1.807, 2.05) is 38.1 Å². The molecular weight excluding hydrogens is 314 g/mol. The summed E-state index contributed by atoms with van der Waals surface area (Å²) < 4.78 is 5.12. The fraction of sp³-hybridized carbons (Fsp3) is 0.294. The Balaban J connectivity index is 0.00000264. The molecule has 0 radical (unpaired) electrons. The highest BCUT2D eigenvalue weighted by atomic mass is 35.5. The van der Waals surface area contributed by atoms with Crippen molar-refractivity contribution in [2.24, 2.45) is 0 Å². The van der Waals surface area contributed by atoms with Gasteiger partial charge in [-0.05, 0) is 50.2 Å². The number of pyridine rings is 1. The van der Waals surface area contributed by atoms with Gasteiger partial charge in [0.05, 0.1) is 12.7 Å². The number of amides is 1. The van der Waals surface area contributed by atoms with Crippen molar-refractivity contribution >= 4 is 29.8 Å². The summed E-state index contributed by atoms with van der Waals surface area (Å²) >= 11 is 0. The first kappa shape index (κ1) is 18.8. The normalized spacial score (nSPS) is 9.70. The van der Waals surface area contributed by atoms with Crippen molar-refractivity contribution in [2.45, 2.75) is 13.8 Å². The van der Waals surface area contributed by atoms with Gasteiger partial charge in [-0.25, -0.2) is 4.98 Å². The molecule has 0 saturated heterocycles. The lowest BCUT2D eigenvalue weighted by atomic mass is 10.2. The lowest BCUT2D eigenvalue weighted by Gasteiger charge is -2.18. The van der Waals surface area contributed by atoms with Gasteiger partial charge in [0, 0.05) is 25.0 Å². The van der Waals surface area contributed by atoms with Gasteiger partial charge < -0.3 is 15.0 Å². The Labute approximate surface area is 143 Å². The molecular formula is C17H22ClN3O2. The molecule has 0 atom stereocenters. The number of hydrogen-bond donors (Lipinski definition) is 1. The third kappa shape index (κ3) is 4.86. The molecule has 0 aliphatic rings. The van der Waals surface area contributed by atoms with Crippen LogP contribution in [0.2, 0.25) is 0 Å². The molecule has 6 heteroatoms. The minimum Gasteiger partial charge on any atom is -0.497 e.